The minimum atomic E-state index is 1.05. The number of nitrogens with one attached hydrogen (secondary N) is 1. The summed E-state index contributed by atoms with van der Waals surface area (Å²) in [5, 5.41) is 3.40. The van der Waals surface area contributed by atoms with Crippen LogP contribution in [-0.4, -0.2) is 13.1 Å². The van der Waals surface area contributed by atoms with Crippen molar-refractivity contribution in [3.05, 3.63) is 12.2 Å². The van der Waals surface area contributed by atoms with E-state index in [4.69, 9.17) is 0 Å². The van der Waals surface area contributed by atoms with Crippen molar-refractivity contribution in [3.63, 3.8) is 0 Å². The van der Waals surface area contributed by atoms with E-state index in [9.17, 15) is 0 Å². The van der Waals surface area contributed by atoms with Crippen molar-refractivity contribution >= 4 is 0 Å². The molecular weight excluding hydrogens is 170 g/mol. The van der Waals surface area contributed by atoms with Gasteiger partial charge in [0.15, 0.2) is 0 Å². The molecule has 0 aliphatic heterocycles. The molecule has 0 saturated heterocycles. The summed E-state index contributed by atoms with van der Waals surface area (Å²) in [5.74, 6) is 0. The molecule has 1 nitrogen and oxygen atoms in total. The Morgan fingerprint density at radius 1 is 0.857 bits per heavy atom. The van der Waals surface area contributed by atoms with E-state index < -0.39 is 0 Å². The van der Waals surface area contributed by atoms with E-state index in [0.29, 0.717) is 0 Å². The smallest absolute Gasteiger partial charge is 0.0134 e. The van der Waals surface area contributed by atoms with Crippen LogP contribution in [0.25, 0.3) is 0 Å². The summed E-state index contributed by atoms with van der Waals surface area (Å²) in [4.78, 5) is 0. The van der Waals surface area contributed by atoms with Crippen molar-refractivity contribution < 1.29 is 0 Å². The van der Waals surface area contributed by atoms with E-state index in [-0.39, 0.29) is 0 Å². The molecule has 0 aromatic rings. The predicted octanol–water partition coefficient (Wildman–Crippen LogP) is 3.90. The Kier molecular flexibility index (Phi) is 12.4. The molecule has 0 aromatic carbocycles. The van der Waals surface area contributed by atoms with Gasteiger partial charge in [-0.2, -0.15) is 0 Å². The van der Waals surface area contributed by atoms with Gasteiger partial charge in [0.25, 0.3) is 0 Å². The Hall–Kier alpha value is -0.300. The first-order valence-corrected chi connectivity index (χ1v) is 6.27. The van der Waals surface area contributed by atoms with Gasteiger partial charge in [-0.3, -0.25) is 0 Å². The SMILES string of the molecule is CCCCCC/C=C\CNCCCC. The van der Waals surface area contributed by atoms with Crippen LogP contribution in [0.2, 0.25) is 0 Å². The summed E-state index contributed by atoms with van der Waals surface area (Å²) in [7, 11) is 0. The highest BCUT2D eigenvalue weighted by atomic mass is 14.8. The number of rotatable bonds is 10. The van der Waals surface area contributed by atoms with Gasteiger partial charge < -0.3 is 5.32 Å². The van der Waals surface area contributed by atoms with Crippen molar-refractivity contribution in [1.82, 2.24) is 5.32 Å². The molecule has 0 unspecified atom stereocenters. The first kappa shape index (κ1) is 13.7. The molecular formula is C13H27N. The third kappa shape index (κ3) is 11.7. The van der Waals surface area contributed by atoms with Gasteiger partial charge in [-0.15, -0.1) is 0 Å². The summed E-state index contributed by atoms with van der Waals surface area (Å²) in [5.41, 5.74) is 0. The lowest BCUT2D eigenvalue weighted by atomic mass is 10.1. The molecule has 0 spiro atoms. The Morgan fingerprint density at radius 2 is 1.64 bits per heavy atom. The lowest BCUT2D eigenvalue weighted by Gasteiger charge is -1.98. The Labute approximate surface area is 90.0 Å². The van der Waals surface area contributed by atoms with Crippen molar-refractivity contribution in [2.45, 2.75) is 58.8 Å². The minimum absolute atomic E-state index is 1.05. The quantitative estimate of drug-likeness (QED) is 0.414. The lowest BCUT2D eigenvalue weighted by Crippen LogP contribution is -2.14. The highest BCUT2D eigenvalue weighted by Crippen LogP contribution is 2.02. The molecule has 0 bridgehead atoms. The summed E-state index contributed by atoms with van der Waals surface area (Å²) >= 11 is 0. The van der Waals surface area contributed by atoms with Crippen LogP contribution in [0.5, 0.6) is 0 Å². The average molecular weight is 197 g/mol. The van der Waals surface area contributed by atoms with E-state index in [1.165, 1.54) is 44.9 Å². The zero-order valence-corrected chi connectivity index (χ0v) is 10.0. The van der Waals surface area contributed by atoms with E-state index in [1.807, 2.05) is 0 Å². The molecule has 0 atom stereocenters. The van der Waals surface area contributed by atoms with Gasteiger partial charge in [0, 0.05) is 6.54 Å². The van der Waals surface area contributed by atoms with Crippen LogP contribution in [0.15, 0.2) is 12.2 Å². The van der Waals surface area contributed by atoms with Gasteiger partial charge >= 0.3 is 0 Å². The highest BCUT2D eigenvalue weighted by molar-refractivity contribution is 4.83. The molecule has 0 aliphatic carbocycles. The van der Waals surface area contributed by atoms with Gasteiger partial charge in [0.05, 0.1) is 0 Å². The zero-order chi connectivity index (χ0) is 10.5. The van der Waals surface area contributed by atoms with Crippen LogP contribution in [-0.2, 0) is 0 Å². The largest absolute Gasteiger partial charge is 0.313 e. The molecule has 0 saturated carbocycles. The van der Waals surface area contributed by atoms with E-state index in [2.05, 4.69) is 31.3 Å². The molecule has 0 amide bonds. The molecule has 84 valence electrons. The molecule has 0 rings (SSSR count). The second-order valence-corrected chi connectivity index (χ2v) is 3.88. The molecule has 0 heterocycles. The zero-order valence-electron chi connectivity index (χ0n) is 10.0. The first-order valence-electron chi connectivity index (χ1n) is 6.27. The summed E-state index contributed by atoms with van der Waals surface area (Å²) in [6, 6.07) is 0. The molecule has 1 heteroatoms. The summed E-state index contributed by atoms with van der Waals surface area (Å²) in [6.07, 6.45) is 13.9. The molecule has 14 heavy (non-hydrogen) atoms. The number of hydrogen-bond donors (Lipinski definition) is 1. The van der Waals surface area contributed by atoms with E-state index in [1.54, 1.807) is 0 Å². The topological polar surface area (TPSA) is 12.0 Å². The van der Waals surface area contributed by atoms with Crippen LogP contribution < -0.4 is 5.32 Å². The number of hydrogen-bond acceptors (Lipinski definition) is 1. The fraction of sp³-hybridized carbons (Fsp3) is 0.846. The fourth-order valence-electron chi connectivity index (χ4n) is 1.38. The van der Waals surface area contributed by atoms with Crippen molar-refractivity contribution in [2.75, 3.05) is 13.1 Å². The van der Waals surface area contributed by atoms with Crippen LogP contribution in [0.1, 0.15) is 58.8 Å². The van der Waals surface area contributed by atoms with Crippen molar-refractivity contribution in [2.24, 2.45) is 0 Å². The van der Waals surface area contributed by atoms with Crippen LogP contribution >= 0.6 is 0 Å². The van der Waals surface area contributed by atoms with E-state index >= 15 is 0 Å². The van der Waals surface area contributed by atoms with Gasteiger partial charge in [0.2, 0.25) is 0 Å². The van der Waals surface area contributed by atoms with Crippen molar-refractivity contribution in [3.8, 4) is 0 Å². The van der Waals surface area contributed by atoms with Gasteiger partial charge in [0.1, 0.15) is 0 Å². The maximum atomic E-state index is 3.40. The Bertz CT molecular complexity index is 104. The molecule has 0 aromatic heterocycles. The normalized spacial score (nSPS) is 11.3. The van der Waals surface area contributed by atoms with Crippen LogP contribution in [0, 0.1) is 0 Å². The van der Waals surface area contributed by atoms with Gasteiger partial charge in [-0.1, -0.05) is 51.7 Å². The number of unbranched alkanes of at least 4 members (excludes halogenated alkanes) is 5. The predicted molar refractivity (Wildman–Crippen MR) is 65.7 cm³/mol. The summed E-state index contributed by atoms with van der Waals surface area (Å²) < 4.78 is 0. The lowest BCUT2D eigenvalue weighted by molar-refractivity contribution is 0.668. The van der Waals surface area contributed by atoms with Crippen LogP contribution in [0.4, 0.5) is 0 Å². The molecule has 0 aliphatic rings. The maximum Gasteiger partial charge on any atom is 0.0134 e. The Balaban J connectivity index is 2.96. The minimum Gasteiger partial charge on any atom is -0.313 e. The van der Waals surface area contributed by atoms with Gasteiger partial charge in [-0.05, 0) is 25.8 Å². The van der Waals surface area contributed by atoms with Crippen molar-refractivity contribution in [1.29, 1.82) is 0 Å². The molecule has 1 N–H and O–H groups in total. The highest BCUT2D eigenvalue weighted by Gasteiger charge is 1.84. The second kappa shape index (κ2) is 12.7. The summed E-state index contributed by atoms with van der Waals surface area (Å²) in [6.45, 7) is 6.70. The second-order valence-electron chi connectivity index (χ2n) is 3.88. The fourth-order valence-corrected chi connectivity index (χ4v) is 1.38. The third-order valence-corrected chi connectivity index (χ3v) is 2.36. The standard InChI is InChI=1S/C13H27N/c1-3-5-7-8-9-10-11-13-14-12-6-4-2/h10-11,14H,3-9,12-13H2,1-2H3/b11-10-. The number of allylic oxidation sites excluding steroid dienone is 1. The Morgan fingerprint density at radius 3 is 2.36 bits per heavy atom. The van der Waals surface area contributed by atoms with E-state index in [0.717, 1.165) is 13.1 Å². The molecule has 0 radical (unpaired) electrons. The van der Waals surface area contributed by atoms with Crippen LogP contribution in [0.3, 0.4) is 0 Å². The van der Waals surface area contributed by atoms with Gasteiger partial charge in [-0.25, -0.2) is 0 Å². The molecule has 0 fully saturated rings. The monoisotopic (exact) mass is 197 g/mol. The maximum absolute atomic E-state index is 3.40. The first-order chi connectivity index (χ1) is 6.91. The average Bonchev–Trinajstić information content (AvgIpc) is 2.21. The third-order valence-electron chi connectivity index (χ3n) is 2.36.